The predicted octanol–water partition coefficient (Wildman–Crippen LogP) is 1.18. The van der Waals surface area contributed by atoms with Gasteiger partial charge in [-0.1, -0.05) is 24.1 Å². The molecule has 1 fully saturated rings. The summed E-state index contributed by atoms with van der Waals surface area (Å²) in [6.45, 7) is 7.72. The van der Waals surface area contributed by atoms with Crippen molar-refractivity contribution in [2.45, 2.75) is 13.2 Å². The van der Waals surface area contributed by atoms with Crippen LogP contribution in [0.1, 0.15) is 6.92 Å². The summed E-state index contributed by atoms with van der Waals surface area (Å²) >= 11 is 0. The van der Waals surface area contributed by atoms with Crippen molar-refractivity contribution >= 4 is 11.9 Å². The van der Waals surface area contributed by atoms with Gasteiger partial charge in [0.05, 0.1) is 25.0 Å². The molecule has 0 bridgehead atoms. The number of fused-ring (bicyclic) bond motifs is 1. The number of ether oxygens (including phenoxy) is 1. The van der Waals surface area contributed by atoms with Gasteiger partial charge in [-0.3, -0.25) is 9.91 Å². The number of nitrogens with zero attached hydrogens (tertiary/aromatic N) is 5. The van der Waals surface area contributed by atoms with Gasteiger partial charge >= 0.3 is 0 Å². The molecule has 3 aliphatic heterocycles. The number of rotatable bonds is 6. The van der Waals surface area contributed by atoms with Gasteiger partial charge in [0.1, 0.15) is 18.1 Å². The van der Waals surface area contributed by atoms with Gasteiger partial charge in [-0.15, -0.1) is 5.92 Å². The van der Waals surface area contributed by atoms with Gasteiger partial charge in [-0.25, -0.2) is 4.99 Å². The zero-order valence-corrected chi connectivity index (χ0v) is 16.2. The quantitative estimate of drug-likeness (QED) is 0.754. The molecule has 1 atom stereocenters. The monoisotopic (exact) mass is 378 g/mol. The van der Waals surface area contributed by atoms with E-state index in [1.807, 2.05) is 48.5 Å². The molecule has 0 amide bonds. The van der Waals surface area contributed by atoms with E-state index in [4.69, 9.17) is 9.73 Å². The number of hydrogen-bond donors (Lipinski definition) is 1. The van der Waals surface area contributed by atoms with Crippen molar-refractivity contribution in [2.75, 3.05) is 45.9 Å². The molecular formula is C21H26N6O. The van der Waals surface area contributed by atoms with E-state index in [9.17, 15) is 0 Å². The number of hydrogen-bond acceptors (Lipinski definition) is 7. The summed E-state index contributed by atoms with van der Waals surface area (Å²) in [6, 6.07) is 9.85. The second-order valence-electron chi connectivity index (χ2n) is 6.78. The molecule has 1 saturated heterocycles. The number of hydrazone groups is 1. The van der Waals surface area contributed by atoms with E-state index in [2.05, 4.69) is 38.3 Å². The Bertz CT molecular complexity index is 816. The van der Waals surface area contributed by atoms with Crippen molar-refractivity contribution in [3.63, 3.8) is 0 Å². The Labute approximate surface area is 166 Å². The van der Waals surface area contributed by atoms with E-state index in [-0.39, 0.29) is 6.29 Å². The Morgan fingerprint density at radius 3 is 2.82 bits per heavy atom. The molecule has 0 saturated carbocycles. The fourth-order valence-corrected chi connectivity index (χ4v) is 3.49. The molecule has 1 aromatic carbocycles. The van der Waals surface area contributed by atoms with E-state index < -0.39 is 0 Å². The zero-order valence-electron chi connectivity index (χ0n) is 16.2. The molecule has 1 aromatic rings. The lowest BCUT2D eigenvalue weighted by Crippen LogP contribution is -2.52. The molecule has 7 nitrogen and oxygen atoms in total. The van der Waals surface area contributed by atoms with Crippen LogP contribution in [0, 0.1) is 11.8 Å². The van der Waals surface area contributed by atoms with Crippen LogP contribution in [0.2, 0.25) is 0 Å². The lowest BCUT2D eigenvalue weighted by Gasteiger charge is -2.36. The molecule has 3 heterocycles. The number of para-hydroxylation sites is 1. The number of nitrogens with one attached hydrogen (secondary N) is 1. The lowest BCUT2D eigenvalue weighted by molar-refractivity contribution is 0.0830. The first-order valence-electron chi connectivity index (χ1n) is 9.74. The number of benzene rings is 1. The fraction of sp³-hybridized carbons (Fsp3) is 0.429. The minimum Gasteiger partial charge on any atom is -0.492 e. The Balaban J connectivity index is 1.43. The molecule has 7 heteroatoms. The average Bonchev–Trinajstić information content (AvgIpc) is 3.11. The largest absolute Gasteiger partial charge is 0.492 e. The standard InChI is InChI=1S/C21H26N6O/c1-2-3-11-27-20-17-26(14-15-28-18-7-5-4-6-8-18)23-16-19(20)24-21(27)25-12-9-22-10-13-25/h4-8,16-17,21-22H,9-15H2,1H3. The molecule has 0 spiro atoms. The SMILES string of the molecule is CC#CCN1C2=CN(CCOc3ccccc3)N=CC2=NC1N1CCNCC1. The highest BCUT2D eigenvalue weighted by atomic mass is 16.5. The maximum Gasteiger partial charge on any atom is 0.180 e. The van der Waals surface area contributed by atoms with Crippen LogP contribution >= 0.6 is 0 Å². The lowest BCUT2D eigenvalue weighted by atomic mass is 10.2. The zero-order chi connectivity index (χ0) is 19.2. The maximum absolute atomic E-state index is 5.80. The topological polar surface area (TPSA) is 55.7 Å². The molecular weight excluding hydrogens is 352 g/mol. The smallest absolute Gasteiger partial charge is 0.180 e. The van der Waals surface area contributed by atoms with Crippen molar-refractivity contribution in [1.29, 1.82) is 0 Å². The van der Waals surface area contributed by atoms with Crippen LogP contribution in [-0.2, 0) is 0 Å². The van der Waals surface area contributed by atoms with Gasteiger partial charge in [0.2, 0.25) is 0 Å². The van der Waals surface area contributed by atoms with Gasteiger partial charge in [0.25, 0.3) is 0 Å². The average molecular weight is 378 g/mol. The predicted molar refractivity (Wildman–Crippen MR) is 111 cm³/mol. The Morgan fingerprint density at radius 1 is 1.21 bits per heavy atom. The molecule has 0 radical (unpaired) electrons. The summed E-state index contributed by atoms with van der Waals surface area (Å²) in [5, 5.41) is 9.85. The van der Waals surface area contributed by atoms with Gasteiger partial charge in [0.15, 0.2) is 6.29 Å². The van der Waals surface area contributed by atoms with Crippen molar-refractivity contribution in [1.82, 2.24) is 20.1 Å². The van der Waals surface area contributed by atoms with Crippen molar-refractivity contribution in [3.8, 4) is 17.6 Å². The van der Waals surface area contributed by atoms with Gasteiger partial charge in [-0.2, -0.15) is 5.10 Å². The third-order valence-corrected chi connectivity index (χ3v) is 4.94. The Kier molecular flexibility index (Phi) is 5.90. The summed E-state index contributed by atoms with van der Waals surface area (Å²) in [5.41, 5.74) is 2.02. The first-order valence-corrected chi connectivity index (χ1v) is 9.74. The molecule has 0 aliphatic carbocycles. The molecule has 1 N–H and O–H groups in total. The van der Waals surface area contributed by atoms with Crippen molar-refractivity contribution in [3.05, 3.63) is 42.2 Å². The first kappa shape index (κ1) is 18.5. The summed E-state index contributed by atoms with van der Waals surface area (Å²) in [4.78, 5) is 9.60. The summed E-state index contributed by atoms with van der Waals surface area (Å²) in [6.07, 6.45) is 3.91. The summed E-state index contributed by atoms with van der Waals surface area (Å²) < 4.78 is 5.80. The molecule has 0 aromatic heterocycles. The van der Waals surface area contributed by atoms with Crippen LogP contribution in [0.5, 0.6) is 5.75 Å². The number of allylic oxidation sites excluding steroid dienone is 1. The minimum absolute atomic E-state index is 0.00355. The van der Waals surface area contributed by atoms with Crippen LogP contribution in [0.15, 0.2) is 52.3 Å². The van der Waals surface area contributed by atoms with E-state index in [1.54, 1.807) is 0 Å². The minimum atomic E-state index is -0.00355. The highest BCUT2D eigenvalue weighted by Crippen LogP contribution is 2.25. The van der Waals surface area contributed by atoms with Gasteiger partial charge in [-0.05, 0) is 19.1 Å². The second-order valence-corrected chi connectivity index (χ2v) is 6.78. The number of aliphatic imine (C=N–C) groups is 1. The van der Waals surface area contributed by atoms with Crippen LogP contribution in [-0.4, -0.2) is 78.9 Å². The Morgan fingerprint density at radius 2 is 2.04 bits per heavy atom. The Hall–Kier alpha value is -2.82. The molecule has 4 rings (SSSR count). The van der Waals surface area contributed by atoms with Crippen molar-refractivity contribution < 1.29 is 4.74 Å². The van der Waals surface area contributed by atoms with E-state index in [1.165, 1.54) is 0 Å². The highest BCUT2D eigenvalue weighted by molar-refractivity contribution is 6.39. The highest BCUT2D eigenvalue weighted by Gasteiger charge is 2.35. The molecule has 28 heavy (non-hydrogen) atoms. The van der Waals surface area contributed by atoms with Crippen LogP contribution in [0.3, 0.4) is 0 Å². The maximum atomic E-state index is 5.80. The second kappa shape index (κ2) is 8.91. The molecule has 3 aliphatic rings. The molecule has 1 unspecified atom stereocenters. The van der Waals surface area contributed by atoms with E-state index >= 15 is 0 Å². The van der Waals surface area contributed by atoms with Crippen LogP contribution in [0.25, 0.3) is 0 Å². The van der Waals surface area contributed by atoms with E-state index in [0.29, 0.717) is 19.7 Å². The normalized spacial score (nSPS) is 21.5. The number of piperazine rings is 1. The molecule has 146 valence electrons. The third kappa shape index (κ3) is 4.19. The first-order chi connectivity index (χ1) is 13.8. The summed E-state index contributed by atoms with van der Waals surface area (Å²) in [7, 11) is 0. The van der Waals surface area contributed by atoms with E-state index in [0.717, 1.165) is 43.3 Å². The van der Waals surface area contributed by atoms with Gasteiger partial charge < -0.3 is 15.0 Å². The summed E-state index contributed by atoms with van der Waals surface area (Å²) in [5.74, 6) is 7.09. The van der Waals surface area contributed by atoms with Crippen LogP contribution in [0.4, 0.5) is 0 Å². The fourth-order valence-electron chi connectivity index (χ4n) is 3.49. The van der Waals surface area contributed by atoms with Crippen LogP contribution < -0.4 is 10.1 Å². The third-order valence-electron chi connectivity index (χ3n) is 4.94. The van der Waals surface area contributed by atoms with Gasteiger partial charge in [0, 0.05) is 32.4 Å². The van der Waals surface area contributed by atoms with Crippen molar-refractivity contribution in [2.24, 2.45) is 10.1 Å².